The Balaban J connectivity index is 2.59. The highest BCUT2D eigenvalue weighted by Crippen LogP contribution is 2.49. The van der Waals surface area contributed by atoms with Crippen LogP contribution in [0.2, 0.25) is 0 Å². The number of hydrogen-bond donors (Lipinski definition) is 2. The second-order valence-corrected chi connectivity index (χ2v) is 18.1. The summed E-state index contributed by atoms with van der Waals surface area (Å²) in [6.45, 7) is 0. The molecule has 0 atom stereocenters. The molecule has 0 saturated heterocycles. The Morgan fingerprint density at radius 1 is 0.591 bits per heavy atom. The fraction of sp³-hybridized carbons (Fsp3) is 0.143. The zero-order chi connectivity index (χ0) is 16.7. The summed E-state index contributed by atoms with van der Waals surface area (Å²) in [5.74, 6) is 0. The molecule has 0 saturated carbocycles. The van der Waals surface area contributed by atoms with Crippen molar-refractivity contribution < 1.29 is 0 Å². The van der Waals surface area contributed by atoms with Crippen molar-refractivity contribution in [3.63, 3.8) is 0 Å². The summed E-state index contributed by atoms with van der Waals surface area (Å²) in [7, 11) is 0. The summed E-state index contributed by atoms with van der Waals surface area (Å²) in [6, 6.07) is 11.7. The van der Waals surface area contributed by atoms with Gasteiger partial charge in [0.1, 0.15) is 0 Å². The summed E-state index contributed by atoms with van der Waals surface area (Å²) < 4.78 is -1.12. The van der Waals surface area contributed by atoms with Crippen molar-refractivity contribution in [2.45, 2.75) is 4.29 Å². The Hall–Kier alpha value is 0.920. The van der Waals surface area contributed by atoms with E-state index >= 15 is 0 Å². The van der Waals surface area contributed by atoms with Crippen molar-refractivity contribution in [1.29, 1.82) is 0 Å². The van der Waals surface area contributed by atoms with Crippen molar-refractivity contribution in [2.24, 2.45) is 0 Å². The third-order valence-corrected chi connectivity index (χ3v) is 5.61. The lowest BCUT2D eigenvalue weighted by Crippen LogP contribution is -2.05. The molecule has 0 spiro atoms. The molecule has 0 aliphatic heterocycles. The molecule has 2 nitrogen and oxygen atoms in total. The highest BCUT2D eigenvalue weighted by atomic mass is 80.0. The third kappa shape index (κ3) is 4.51. The van der Waals surface area contributed by atoms with Crippen LogP contribution in [0.3, 0.4) is 0 Å². The first-order valence-corrected chi connectivity index (χ1v) is 10.7. The maximum atomic E-state index is 6.04. The van der Waals surface area contributed by atoms with Crippen molar-refractivity contribution >= 4 is 107 Å². The maximum absolute atomic E-state index is 6.04. The number of rotatable bonds is 1. The first kappa shape index (κ1) is 19.2. The van der Waals surface area contributed by atoms with Crippen LogP contribution in [0.5, 0.6) is 0 Å². The van der Waals surface area contributed by atoms with Crippen LogP contribution in [0.15, 0.2) is 36.4 Å². The number of halogens is 6. The van der Waals surface area contributed by atoms with Crippen LogP contribution >= 0.6 is 95.6 Å². The molecule has 0 heterocycles. The highest BCUT2D eigenvalue weighted by molar-refractivity contribution is 9.39. The van der Waals surface area contributed by atoms with Crippen LogP contribution in [0.25, 0.3) is 11.1 Å². The van der Waals surface area contributed by atoms with Crippen LogP contribution in [-0.4, -0.2) is 0 Å². The van der Waals surface area contributed by atoms with Gasteiger partial charge in [0.15, 0.2) is 4.29 Å². The van der Waals surface area contributed by atoms with Gasteiger partial charge in [-0.15, -0.1) is 0 Å². The molecule has 0 aromatic heterocycles. The fourth-order valence-electron chi connectivity index (χ4n) is 1.96. The molecular formula is C14H10Br6N2. The second-order valence-electron chi connectivity index (χ2n) is 4.60. The van der Waals surface area contributed by atoms with Crippen LogP contribution in [-0.2, 0) is 4.29 Å². The number of benzene rings is 2. The second kappa shape index (κ2) is 7.04. The van der Waals surface area contributed by atoms with Gasteiger partial charge in [-0.05, 0) is 35.4 Å². The van der Waals surface area contributed by atoms with Crippen molar-refractivity contribution in [3.8, 4) is 11.1 Å². The Bertz CT molecular complexity index is 642. The summed E-state index contributed by atoms with van der Waals surface area (Å²) in [6.07, 6.45) is 0. The van der Waals surface area contributed by atoms with Crippen LogP contribution in [0.1, 0.15) is 11.1 Å². The minimum Gasteiger partial charge on any atom is -0.398 e. The van der Waals surface area contributed by atoms with Gasteiger partial charge in [-0.3, -0.25) is 0 Å². The first-order chi connectivity index (χ1) is 10.00. The van der Waals surface area contributed by atoms with Gasteiger partial charge in [-0.2, -0.15) is 0 Å². The molecule has 22 heavy (non-hydrogen) atoms. The molecule has 118 valence electrons. The molecule has 0 unspecified atom stereocenters. The quantitative estimate of drug-likeness (QED) is 0.249. The molecule has 0 amide bonds. The molecule has 0 fully saturated rings. The van der Waals surface area contributed by atoms with Crippen molar-refractivity contribution in [2.75, 3.05) is 11.5 Å². The van der Waals surface area contributed by atoms with E-state index < -0.39 is 4.29 Å². The first-order valence-electron chi connectivity index (χ1n) is 5.94. The zero-order valence-corrected chi connectivity index (χ0v) is 20.4. The highest BCUT2D eigenvalue weighted by Gasteiger charge is 2.26. The standard InChI is InChI=1S/C14H10Br6N2/c15-13(16,17)9-5-7(1-3-11(9)21)8-2-4-12(22)10(6-8)14(18,19)20/h1-6H,21-22H2. The molecule has 8 heteroatoms. The van der Waals surface area contributed by atoms with Gasteiger partial charge in [0.05, 0.1) is 0 Å². The summed E-state index contributed by atoms with van der Waals surface area (Å²) in [5.41, 5.74) is 17.3. The van der Waals surface area contributed by atoms with Gasteiger partial charge in [-0.1, -0.05) is 108 Å². The molecular weight excluding hydrogens is 676 g/mol. The van der Waals surface area contributed by atoms with Gasteiger partial charge in [-0.25, -0.2) is 0 Å². The SMILES string of the molecule is Nc1ccc(-c2ccc(N)c(C(Br)(Br)Br)c2)cc1C(Br)(Br)Br. The van der Waals surface area contributed by atoms with Gasteiger partial charge in [0.2, 0.25) is 0 Å². The minimum atomic E-state index is -0.562. The van der Waals surface area contributed by atoms with Gasteiger partial charge in [0.25, 0.3) is 0 Å². The number of alkyl halides is 6. The summed E-state index contributed by atoms with van der Waals surface area (Å²) in [5, 5.41) is 0. The van der Waals surface area contributed by atoms with E-state index in [1.165, 1.54) is 0 Å². The third-order valence-electron chi connectivity index (χ3n) is 3.05. The molecule has 2 aromatic rings. The van der Waals surface area contributed by atoms with Crippen LogP contribution < -0.4 is 11.5 Å². The normalized spacial score (nSPS) is 12.5. The Morgan fingerprint density at radius 2 is 0.909 bits per heavy atom. The topological polar surface area (TPSA) is 52.0 Å². The van der Waals surface area contributed by atoms with E-state index in [9.17, 15) is 0 Å². The predicted molar refractivity (Wildman–Crippen MR) is 118 cm³/mol. The number of nitrogen functional groups attached to an aromatic ring is 2. The Kier molecular flexibility index (Phi) is 6.16. The lowest BCUT2D eigenvalue weighted by molar-refractivity contribution is 1.35. The van der Waals surface area contributed by atoms with E-state index in [0.717, 1.165) is 22.3 Å². The molecule has 0 aliphatic rings. The van der Waals surface area contributed by atoms with E-state index in [1.807, 2.05) is 36.4 Å². The summed E-state index contributed by atoms with van der Waals surface area (Å²) >= 11 is 21.1. The largest absolute Gasteiger partial charge is 0.398 e. The predicted octanol–water partition coefficient (Wildman–Crippen LogP) is 7.11. The number of nitrogens with two attached hydrogens (primary N) is 2. The molecule has 0 bridgehead atoms. The number of hydrogen-bond acceptors (Lipinski definition) is 2. The molecule has 0 aliphatic carbocycles. The van der Waals surface area contributed by atoms with Crippen LogP contribution in [0.4, 0.5) is 11.4 Å². The van der Waals surface area contributed by atoms with E-state index in [1.54, 1.807) is 0 Å². The summed E-state index contributed by atoms with van der Waals surface area (Å²) in [4.78, 5) is 0. The Morgan fingerprint density at radius 3 is 1.18 bits per heavy atom. The lowest BCUT2D eigenvalue weighted by Gasteiger charge is -2.19. The van der Waals surface area contributed by atoms with Gasteiger partial charge >= 0.3 is 0 Å². The molecule has 0 radical (unpaired) electrons. The number of anilines is 2. The molecule has 2 rings (SSSR count). The Labute approximate surface area is 179 Å². The average Bonchev–Trinajstić information content (AvgIpc) is 2.37. The minimum absolute atomic E-state index is 0.562. The van der Waals surface area contributed by atoms with Crippen molar-refractivity contribution in [1.82, 2.24) is 0 Å². The smallest absolute Gasteiger partial charge is 0.161 e. The van der Waals surface area contributed by atoms with Gasteiger partial charge < -0.3 is 11.5 Å². The van der Waals surface area contributed by atoms with E-state index in [2.05, 4.69) is 95.6 Å². The fourth-order valence-corrected chi connectivity index (χ4v) is 4.02. The van der Waals surface area contributed by atoms with Crippen molar-refractivity contribution in [3.05, 3.63) is 47.5 Å². The zero-order valence-electron chi connectivity index (χ0n) is 10.9. The molecule has 4 N–H and O–H groups in total. The van der Waals surface area contributed by atoms with Crippen LogP contribution in [0, 0.1) is 0 Å². The molecule has 2 aromatic carbocycles. The van der Waals surface area contributed by atoms with E-state index in [4.69, 9.17) is 11.5 Å². The van der Waals surface area contributed by atoms with Gasteiger partial charge in [0, 0.05) is 22.5 Å². The monoisotopic (exact) mass is 680 g/mol. The van der Waals surface area contributed by atoms with E-state index in [0.29, 0.717) is 11.4 Å². The lowest BCUT2D eigenvalue weighted by atomic mass is 10.00. The van der Waals surface area contributed by atoms with E-state index in [-0.39, 0.29) is 0 Å². The average molecular weight is 686 g/mol. The maximum Gasteiger partial charge on any atom is 0.161 e.